The Morgan fingerprint density at radius 2 is 2.17 bits per heavy atom. The van der Waals surface area contributed by atoms with Crippen molar-refractivity contribution in [3.8, 4) is 0 Å². The van der Waals surface area contributed by atoms with Crippen molar-refractivity contribution in [2.24, 2.45) is 7.05 Å². The van der Waals surface area contributed by atoms with Gasteiger partial charge in [-0.2, -0.15) is 5.10 Å². The van der Waals surface area contributed by atoms with Gasteiger partial charge in [0, 0.05) is 18.3 Å². The van der Waals surface area contributed by atoms with E-state index in [0.717, 1.165) is 5.69 Å². The molecule has 0 aromatic carbocycles. The zero-order valence-corrected chi connectivity index (χ0v) is 11.1. The van der Waals surface area contributed by atoms with E-state index in [9.17, 15) is 9.59 Å². The highest BCUT2D eigenvalue weighted by Crippen LogP contribution is 2.16. The van der Waals surface area contributed by atoms with Crippen LogP contribution >= 0.6 is 0 Å². The normalized spacial score (nSPS) is 14.0. The number of amides is 1. The molecule has 0 radical (unpaired) electrons. The SMILES string of the molecule is CCC(C)(CC(=O)O)NC(=O)c1cnn(C)c1C. The third kappa shape index (κ3) is 3.09. The maximum Gasteiger partial charge on any atom is 0.305 e. The summed E-state index contributed by atoms with van der Waals surface area (Å²) in [6.07, 6.45) is 1.93. The monoisotopic (exact) mass is 253 g/mol. The molecule has 0 saturated heterocycles. The third-order valence-electron chi connectivity index (χ3n) is 3.22. The predicted octanol–water partition coefficient (Wildman–Crippen LogP) is 1.10. The van der Waals surface area contributed by atoms with Gasteiger partial charge in [-0.05, 0) is 20.3 Å². The minimum atomic E-state index is -0.928. The first-order chi connectivity index (χ1) is 8.29. The number of aryl methyl sites for hydroxylation is 1. The fourth-order valence-electron chi connectivity index (χ4n) is 1.65. The van der Waals surface area contributed by atoms with Crippen LogP contribution in [0.15, 0.2) is 6.20 Å². The summed E-state index contributed by atoms with van der Waals surface area (Å²) < 4.78 is 1.61. The molecule has 0 fully saturated rings. The predicted molar refractivity (Wildman–Crippen MR) is 66.4 cm³/mol. The average molecular weight is 253 g/mol. The number of carbonyl (C=O) groups is 2. The molecule has 1 atom stereocenters. The van der Waals surface area contributed by atoms with E-state index in [2.05, 4.69) is 10.4 Å². The van der Waals surface area contributed by atoms with Crippen LogP contribution in [0.2, 0.25) is 0 Å². The Morgan fingerprint density at radius 1 is 1.56 bits per heavy atom. The number of rotatable bonds is 5. The Kier molecular flexibility index (Phi) is 4.11. The lowest BCUT2D eigenvalue weighted by Gasteiger charge is -2.27. The van der Waals surface area contributed by atoms with Gasteiger partial charge < -0.3 is 10.4 Å². The van der Waals surface area contributed by atoms with E-state index in [1.807, 2.05) is 6.92 Å². The van der Waals surface area contributed by atoms with Crippen molar-refractivity contribution < 1.29 is 14.7 Å². The van der Waals surface area contributed by atoms with E-state index < -0.39 is 11.5 Å². The van der Waals surface area contributed by atoms with E-state index in [1.54, 1.807) is 25.6 Å². The molecule has 6 nitrogen and oxygen atoms in total. The Labute approximate surface area is 106 Å². The second-order valence-electron chi connectivity index (χ2n) is 4.71. The third-order valence-corrected chi connectivity index (χ3v) is 3.22. The van der Waals surface area contributed by atoms with Gasteiger partial charge in [0.1, 0.15) is 0 Å². The minimum absolute atomic E-state index is 0.103. The van der Waals surface area contributed by atoms with Crippen LogP contribution < -0.4 is 5.32 Å². The van der Waals surface area contributed by atoms with Gasteiger partial charge in [0.25, 0.3) is 5.91 Å². The first kappa shape index (κ1) is 14.2. The largest absolute Gasteiger partial charge is 0.481 e. The van der Waals surface area contributed by atoms with Crippen LogP contribution in [0.3, 0.4) is 0 Å². The van der Waals surface area contributed by atoms with Crippen LogP contribution in [0.25, 0.3) is 0 Å². The van der Waals surface area contributed by atoms with E-state index in [1.165, 1.54) is 6.20 Å². The molecular weight excluding hydrogens is 234 g/mol. The highest BCUT2D eigenvalue weighted by molar-refractivity contribution is 5.95. The number of hydrogen-bond donors (Lipinski definition) is 2. The average Bonchev–Trinajstić information content (AvgIpc) is 2.58. The van der Waals surface area contributed by atoms with Gasteiger partial charge in [0.05, 0.1) is 18.2 Å². The molecule has 1 amide bonds. The number of aromatic nitrogens is 2. The highest BCUT2D eigenvalue weighted by Gasteiger charge is 2.28. The Morgan fingerprint density at radius 3 is 2.56 bits per heavy atom. The fourth-order valence-corrected chi connectivity index (χ4v) is 1.65. The Hall–Kier alpha value is -1.85. The summed E-state index contributed by atoms with van der Waals surface area (Å²) in [7, 11) is 1.75. The summed E-state index contributed by atoms with van der Waals surface area (Å²) in [6, 6.07) is 0. The first-order valence-electron chi connectivity index (χ1n) is 5.82. The molecule has 1 aromatic rings. The van der Waals surface area contributed by atoms with Crippen LogP contribution in [0.4, 0.5) is 0 Å². The minimum Gasteiger partial charge on any atom is -0.481 e. The smallest absolute Gasteiger partial charge is 0.305 e. The Bertz CT molecular complexity index is 467. The summed E-state index contributed by atoms with van der Waals surface area (Å²) >= 11 is 0. The molecule has 1 heterocycles. The standard InChI is InChI=1S/C12H19N3O3/c1-5-12(3,6-10(16)17)14-11(18)9-7-13-15(4)8(9)2/h7H,5-6H2,1-4H3,(H,14,18)(H,16,17). The van der Waals surface area contributed by atoms with Gasteiger partial charge in [0.15, 0.2) is 0 Å². The van der Waals surface area contributed by atoms with Gasteiger partial charge in [-0.1, -0.05) is 6.92 Å². The number of nitrogens with zero attached hydrogens (tertiary/aromatic N) is 2. The van der Waals surface area contributed by atoms with Crippen LogP contribution in [-0.4, -0.2) is 32.3 Å². The van der Waals surface area contributed by atoms with E-state index in [0.29, 0.717) is 12.0 Å². The molecule has 0 aliphatic heterocycles. The van der Waals surface area contributed by atoms with Crippen molar-refractivity contribution in [3.05, 3.63) is 17.5 Å². The molecule has 0 aliphatic carbocycles. The van der Waals surface area contributed by atoms with Crippen LogP contribution in [-0.2, 0) is 11.8 Å². The zero-order chi connectivity index (χ0) is 13.9. The maximum atomic E-state index is 12.1. The molecule has 1 aromatic heterocycles. The molecule has 100 valence electrons. The summed E-state index contributed by atoms with van der Waals surface area (Å²) in [5.74, 6) is -1.21. The molecule has 0 saturated carbocycles. The van der Waals surface area contributed by atoms with Gasteiger partial charge in [-0.25, -0.2) is 0 Å². The van der Waals surface area contributed by atoms with Crippen molar-refractivity contribution in [3.63, 3.8) is 0 Å². The van der Waals surface area contributed by atoms with E-state index in [-0.39, 0.29) is 12.3 Å². The van der Waals surface area contributed by atoms with Crippen LogP contribution in [0.5, 0.6) is 0 Å². The van der Waals surface area contributed by atoms with Crippen molar-refractivity contribution in [1.29, 1.82) is 0 Å². The molecule has 0 bridgehead atoms. The lowest BCUT2D eigenvalue weighted by atomic mass is 9.94. The number of hydrogen-bond acceptors (Lipinski definition) is 3. The highest BCUT2D eigenvalue weighted by atomic mass is 16.4. The fraction of sp³-hybridized carbons (Fsp3) is 0.583. The van der Waals surface area contributed by atoms with Crippen LogP contribution in [0, 0.1) is 6.92 Å². The number of carbonyl (C=O) groups excluding carboxylic acids is 1. The molecule has 18 heavy (non-hydrogen) atoms. The van der Waals surface area contributed by atoms with Crippen molar-refractivity contribution in [2.45, 2.75) is 39.2 Å². The number of carboxylic acid groups (broad SMARTS) is 1. The second kappa shape index (κ2) is 5.20. The van der Waals surface area contributed by atoms with Gasteiger partial charge >= 0.3 is 5.97 Å². The van der Waals surface area contributed by atoms with E-state index >= 15 is 0 Å². The maximum absolute atomic E-state index is 12.1. The van der Waals surface area contributed by atoms with Gasteiger partial charge in [0.2, 0.25) is 0 Å². The lowest BCUT2D eigenvalue weighted by Crippen LogP contribution is -2.47. The number of nitrogens with one attached hydrogen (secondary N) is 1. The summed E-state index contributed by atoms with van der Waals surface area (Å²) in [6.45, 7) is 5.37. The van der Waals surface area contributed by atoms with Gasteiger partial charge in [-0.3, -0.25) is 14.3 Å². The molecule has 0 aliphatic rings. The molecular formula is C12H19N3O3. The topological polar surface area (TPSA) is 84.2 Å². The lowest BCUT2D eigenvalue weighted by molar-refractivity contribution is -0.138. The molecule has 0 spiro atoms. The van der Waals surface area contributed by atoms with Crippen molar-refractivity contribution in [2.75, 3.05) is 0 Å². The molecule has 1 unspecified atom stereocenters. The van der Waals surface area contributed by atoms with E-state index in [4.69, 9.17) is 5.11 Å². The summed E-state index contributed by atoms with van der Waals surface area (Å²) in [5.41, 5.74) is 0.481. The summed E-state index contributed by atoms with van der Waals surface area (Å²) in [5, 5.41) is 15.6. The zero-order valence-electron chi connectivity index (χ0n) is 11.1. The second-order valence-corrected chi connectivity index (χ2v) is 4.71. The molecule has 6 heteroatoms. The first-order valence-corrected chi connectivity index (χ1v) is 5.82. The summed E-state index contributed by atoms with van der Waals surface area (Å²) in [4.78, 5) is 22.9. The van der Waals surface area contributed by atoms with Gasteiger partial charge in [-0.15, -0.1) is 0 Å². The molecule has 1 rings (SSSR count). The quantitative estimate of drug-likeness (QED) is 0.823. The van der Waals surface area contributed by atoms with Crippen molar-refractivity contribution in [1.82, 2.24) is 15.1 Å². The van der Waals surface area contributed by atoms with Crippen molar-refractivity contribution >= 4 is 11.9 Å². The van der Waals surface area contributed by atoms with Crippen LogP contribution in [0.1, 0.15) is 42.7 Å². The molecule has 2 N–H and O–H groups in total. The number of aliphatic carboxylic acids is 1. The Balaban J connectivity index is 2.86. The number of carboxylic acids is 1.